The number of hydrogen-bond donors (Lipinski definition) is 2. The number of rotatable bonds is 7. The highest BCUT2D eigenvalue weighted by atomic mass is 32.1. The normalized spacial score (nSPS) is 12.2. The van der Waals surface area contributed by atoms with Gasteiger partial charge in [0.05, 0.1) is 18.6 Å². The van der Waals surface area contributed by atoms with E-state index in [4.69, 9.17) is 4.74 Å². The Morgan fingerprint density at radius 3 is 2.59 bits per heavy atom. The molecule has 1 heterocycles. The Balaban J connectivity index is 1.81. The maximum absolute atomic E-state index is 11.8. The molecular weight excluding hydrogens is 298 g/mol. The van der Waals surface area contributed by atoms with Crippen LogP contribution in [0.4, 0.5) is 0 Å². The van der Waals surface area contributed by atoms with Gasteiger partial charge in [0.25, 0.3) is 0 Å². The molecule has 0 bridgehead atoms. The smallest absolute Gasteiger partial charge is 0.225 e. The molecule has 1 aromatic heterocycles. The molecule has 0 aliphatic carbocycles. The number of hydrogen-bond acceptors (Lipinski definition) is 4. The Labute approximate surface area is 134 Å². The van der Waals surface area contributed by atoms with Gasteiger partial charge in [-0.1, -0.05) is 18.2 Å². The first kappa shape index (κ1) is 16.5. The van der Waals surface area contributed by atoms with Crippen molar-refractivity contribution in [3.05, 3.63) is 52.2 Å². The van der Waals surface area contributed by atoms with Gasteiger partial charge in [0.1, 0.15) is 5.75 Å². The average molecular weight is 319 g/mol. The number of benzene rings is 1. The molecule has 0 spiro atoms. The van der Waals surface area contributed by atoms with E-state index in [1.54, 1.807) is 11.3 Å². The Morgan fingerprint density at radius 1 is 1.27 bits per heavy atom. The summed E-state index contributed by atoms with van der Waals surface area (Å²) in [5, 5.41) is 14.8. The van der Waals surface area contributed by atoms with E-state index in [1.807, 2.05) is 55.6 Å². The van der Waals surface area contributed by atoms with E-state index in [-0.39, 0.29) is 18.6 Å². The van der Waals surface area contributed by atoms with E-state index in [2.05, 4.69) is 5.32 Å². The summed E-state index contributed by atoms with van der Waals surface area (Å²) in [5.74, 6) is 0.689. The van der Waals surface area contributed by atoms with Crippen LogP contribution in [-0.2, 0) is 11.2 Å². The lowest BCUT2D eigenvalue weighted by Gasteiger charge is -2.14. The Bertz CT molecular complexity index is 578. The lowest BCUT2D eigenvalue weighted by molar-refractivity contribution is -0.120. The second kappa shape index (κ2) is 7.96. The first-order valence-electron chi connectivity index (χ1n) is 7.28. The fraction of sp³-hybridized carbons (Fsp3) is 0.353. The molecule has 2 N–H and O–H groups in total. The molecule has 1 atom stereocenters. The maximum atomic E-state index is 11.8. The van der Waals surface area contributed by atoms with Crippen LogP contribution in [0.5, 0.6) is 5.75 Å². The van der Waals surface area contributed by atoms with Gasteiger partial charge in [0, 0.05) is 11.4 Å². The summed E-state index contributed by atoms with van der Waals surface area (Å²) in [5.41, 5.74) is 0.757. The Morgan fingerprint density at radius 2 is 2.00 bits per heavy atom. The fourth-order valence-corrected chi connectivity index (χ4v) is 2.71. The van der Waals surface area contributed by atoms with Crippen LogP contribution in [0.25, 0.3) is 0 Å². The van der Waals surface area contributed by atoms with Gasteiger partial charge in [-0.2, -0.15) is 0 Å². The third kappa shape index (κ3) is 5.16. The van der Waals surface area contributed by atoms with Crippen LogP contribution in [0.2, 0.25) is 0 Å². The van der Waals surface area contributed by atoms with E-state index in [0.29, 0.717) is 6.42 Å². The molecule has 0 aliphatic rings. The quantitative estimate of drug-likeness (QED) is 0.825. The first-order valence-corrected chi connectivity index (χ1v) is 8.16. The van der Waals surface area contributed by atoms with Crippen LogP contribution in [0, 0.1) is 0 Å². The predicted octanol–water partition coefficient (Wildman–Crippen LogP) is 2.93. The number of aliphatic hydroxyl groups excluding tert-OH is 1. The Kier molecular flexibility index (Phi) is 5.98. The van der Waals surface area contributed by atoms with Crippen molar-refractivity contribution in [1.29, 1.82) is 0 Å². The van der Waals surface area contributed by atoms with Crippen molar-refractivity contribution in [3.63, 3.8) is 0 Å². The van der Waals surface area contributed by atoms with Gasteiger partial charge in [-0.15, -0.1) is 11.3 Å². The predicted molar refractivity (Wildman–Crippen MR) is 88.2 cm³/mol. The minimum atomic E-state index is -0.722. The standard InChI is InChI=1S/C17H21NO3S/c1-12(2)21-14-7-5-13(6-8-14)16(19)11-18-17(20)10-15-4-3-9-22-15/h3-9,12,16,19H,10-11H2,1-2H3,(H,18,20). The number of carbonyl (C=O) groups is 1. The van der Waals surface area contributed by atoms with Gasteiger partial charge in [-0.25, -0.2) is 0 Å². The van der Waals surface area contributed by atoms with Crippen molar-refractivity contribution in [2.75, 3.05) is 6.54 Å². The topological polar surface area (TPSA) is 58.6 Å². The van der Waals surface area contributed by atoms with Crippen LogP contribution >= 0.6 is 11.3 Å². The van der Waals surface area contributed by atoms with Gasteiger partial charge >= 0.3 is 0 Å². The zero-order chi connectivity index (χ0) is 15.9. The molecule has 0 saturated heterocycles. The Hall–Kier alpha value is -1.85. The van der Waals surface area contributed by atoms with Gasteiger partial charge in [-0.05, 0) is 43.0 Å². The van der Waals surface area contributed by atoms with Crippen molar-refractivity contribution in [2.45, 2.75) is 32.5 Å². The summed E-state index contributed by atoms with van der Waals surface area (Å²) in [6.07, 6.45) is -0.251. The largest absolute Gasteiger partial charge is 0.491 e. The van der Waals surface area contributed by atoms with Crippen molar-refractivity contribution >= 4 is 17.2 Å². The van der Waals surface area contributed by atoms with E-state index in [9.17, 15) is 9.90 Å². The summed E-state index contributed by atoms with van der Waals surface area (Å²) >= 11 is 1.55. The molecule has 118 valence electrons. The van der Waals surface area contributed by atoms with Crippen molar-refractivity contribution in [1.82, 2.24) is 5.32 Å². The summed E-state index contributed by atoms with van der Waals surface area (Å²) in [6, 6.07) is 11.1. The van der Waals surface area contributed by atoms with Crippen molar-refractivity contribution in [2.24, 2.45) is 0 Å². The zero-order valence-corrected chi connectivity index (χ0v) is 13.6. The van der Waals surface area contributed by atoms with E-state index in [0.717, 1.165) is 16.2 Å². The minimum Gasteiger partial charge on any atom is -0.491 e. The first-order chi connectivity index (χ1) is 10.5. The summed E-state index contributed by atoms with van der Waals surface area (Å²) in [4.78, 5) is 12.8. The average Bonchev–Trinajstić information content (AvgIpc) is 2.98. The molecule has 0 radical (unpaired) electrons. The maximum Gasteiger partial charge on any atom is 0.225 e. The highest BCUT2D eigenvalue weighted by Gasteiger charge is 2.10. The third-order valence-corrected chi connectivity index (χ3v) is 3.92. The molecule has 1 aromatic carbocycles. The van der Waals surface area contributed by atoms with E-state index in [1.165, 1.54) is 0 Å². The van der Waals surface area contributed by atoms with Gasteiger partial charge < -0.3 is 15.2 Å². The highest BCUT2D eigenvalue weighted by Crippen LogP contribution is 2.18. The molecule has 2 rings (SSSR count). The van der Waals surface area contributed by atoms with Crippen LogP contribution in [0.3, 0.4) is 0 Å². The number of carbonyl (C=O) groups excluding carboxylic acids is 1. The van der Waals surface area contributed by atoms with Crippen molar-refractivity contribution in [3.8, 4) is 5.75 Å². The van der Waals surface area contributed by atoms with Crippen LogP contribution in [0.1, 0.15) is 30.4 Å². The minimum absolute atomic E-state index is 0.0822. The number of ether oxygens (including phenoxy) is 1. The third-order valence-electron chi connectivity index (χ3n) is 3.04. The van der Waals surface area contributed by atoms with Crippen LogP contribution in [0.15, 0.2) is 41.8 Å². The van der Waals surface area contributed by atoms with Gasteiger partial charge in [0.15, 0.2) is 0 Å². The summed E-state index contributed by atoms with van der Waals surface area (Å²) < 4.78 is 5.56. The number of amides is 1. The van der Waals surface area contributed by atoms with E-state index < -0.39 is 6.10 Å². The molecule has 22 heavy (non-hydrogen) atoms. The summed E-state index contributed by atoms with van der Waals surface area (Å²) in [6.45, 7) is 4.13. The molecule has 0 fully saturated rings. The van der Waals surface area contributed by atoms with Gasteiger partial charge in [-0.3, -0.25) is 4.79 Å². The van der Waals surface area contributed by atoms with E-state index >= 15 is 0 Å². The van der Waals surface area contributed by atoms with Crippen molar-refractivity contribution < 1.29 is 14.6 Å². The lowest BCUT2D eigenvalue weighted by atomic mass is 10.1. The van der Waals surface area contributed by atoms with Crippen LogP contribution in [-0.4, -0.2) is 23.7 Å². The molecule has 4 nitrogen and oxygen atoms in total. The van der Waals surface area contributed by atoms with Gasteiger partial charge in [0.2, 0.25) is 5.91 Å². The number of thiophene rings is 1. The molecule has 0 aliphatic heterocycles. The summed E-state index contributed by atoms with van der Waals surface area (Å²) in [7, 11) is 0. The highest BCUT2D eigenvalue weighted by molar-refractivity contribution is 7.10. The molecule has 1 amide bonds. The second-order valence-electron chi connectivity index (χ2n) is 5.31. The molecule has 0 saturated carbocycles. The molecule has 1 unspecified atom stereocenters. The lowest BCUT2D eigenvalue weighted by Crippen LogP contribution is -2.29. The fourth-order valence-electron chi connectivity index (χ4n) is 2.00. The monoisotopic (exact) mass is 319 g/mol. The molecule has 2 aromatic rings. The second-order valence-corrected chi connectivity index (χ2v) is 6.34. The SMILES string of the molecule is CC(C)Oc1ccc(C(O)CNC(=O)Cc2cccs2)cc1. The molecule has 5 heteroatoms. The molecular formula is C17H21NO3S. The number of nitrogens with one attached hydrogen (secondary N) is 1. The number of aliphatic hydroxyl groups is 1. The van der Waals surface area contributed by atoms with Crippen LogP contribution < -0.4 is 10.1 Å². The zero-order valence-electron chi connectivity index (χ0n) is 12.8.